The van der Waals surface area contributed by atoms with Crippen LogP contribution in [0.5, 0.6) is 0 Å². The Morgan fingerprint density at radius 2 is 1.65 bits per heavy atom. The van der Waals surface area contributed by atoms with Gasteiger partial charge < -0.3 is 10.6 Å². The molecular formula is C21H19FN2O2. The van der Waals surface area contributed by atoms with E-state index in [9.17, 15) is 14.0 Å². The second-order valence-electron chi connectivity index (χ2n) is 6.05. The van der Waals surface area contributed by atoms with Crippen molar-refractivity contribution < 1.29 is 14.0 Å². The van der Waals surface area contributed by atoms with Crippen LogP contribution in [-0.4, -0.2) is 18.4 Å². The van der Waals surface area contributed by atoms with Gasteiger partial charge in [0, 0.05) is 5.56 Å². The van der Waals surface area contributed by atoms with Crippen LogP contribution in [0, 0.1) is 5.82 Å². The molecule has 132 valence electrons. The van der Waals surface area contributed by atoms with E-state index in [1.807, 2.05) is 49.4 Å². The van der Waals surface area contributed by atoms with Gasteiger partial charge >= 0.3 is 0 Å². The number of carbonyl (C=O) groups excluding carboxylic acids is 2. The first-order chi connectivity index (χ1) is 12.5. The number of amides is 2. The Morgan fingerprint density at radius 1 is 0.962 bits per heavy atom. The summed E-state index contributed by atoms with van der Waals surface area (Å²) in [5.41, 5.74) is 1.32. The van der Waals surface area contributed by atoms with Crippen LogP contribution in [0.25, 0.3) is 10.8 Å². The van der Waals surface area contributed by atoms with E-state index in [0.717, 1.165) is 16.3 Å². The molecule has 0 radical (unpaired) electrons. The van der Waals surface area contributed by atoms with Crippen molar-refractivity contribution in [2.75, 3.05) is 6.54 Å². The van der Waals surface area contributed by atoms with Gasteiger partial charge in [0.15, 0.2) is 0 Å². The molecule has 0 fully saturated rings. The highest BCUT2D eigenvalue weighted by atomic mass is 19.1. The fraction of sp³-hybridized carbons (Fsp3) is 0.143. The lowest BCUT2D eigenvalue weighted by atomic mass is 10.00. The van der Waals surface area contributed by atoms with Gasteiger partial charge in [-0.1, -0.05) is 42.5 Å². The molecule has 2 N–H and O–H groups in total. The predicted molar refractivity (Wildman–Crippen MR) is 99.2 cm³/mol. The van der Waals surface area contributed by atoms with E-state index < -0.39 is 11.7 Å². The normalized spacial score (nSPS) is 11.8. The molecule has 0 aliphatic heterocycles. The third kappa shape index (κ3) is 4.06. The highest BCUT2D eigenvalue weighted by Crippen LogP contribution is 2.23. The lowest BCUT2D eigenvalue weighted by molar-refractivity contribution is -0.120. The monoisotopic (exact) mass is 350 g/mol. The number of carbonyl (C=O) groups is 2. The molecule has 4 nitrogen and oxygen atoms in total. The van der Waals surface area contributed by atoms with E-state index >= 15 is 0 Å². The van der Waals surface area contributed by atoms with E-state index in [4.69, 9.17) is 0 Å². The Hall–Kier alpha value is -3.21. The minimum absolute atomic E-state index is 0.148. The fourth-order valence-electron chi connectivity index (χ4n) is 2.86. The van der Waals surface area contributed by atoms with Gasteiger partial charge in [-0.3, -0.25) is 9.59 Å². The minimum atomic E-state index is -0.419. The van der Waals surface area contributed by atoms with Gasteiger partial charge in [-0.15, -0.1) is 0 Å². The number of hydrogen-bond acceptors (Lipinski definition) is 2. The summed E-state index contributed by atoms with van der Waals surface area (Å²) in [6.45, 7) is 1.76. The summed E-state index contributed by atoms with van der Waals surface area (Å²) >= 11 is 0. The van der Waals surface area contributed by atoms with Crippen LogP contribution in [-0.2, 0) is 4.79 Å². The van der Waals surface area contributed by atoms with Gasteiger partial charge in [0.25, 0.3) is 5.91 Å². The molecule has 0 aliphatic rings. The summed E-state index contributed by atoms with van der Waals surface area (Å²) in [5, 5.41) is 7.62. The van der Waals surface area contributed by atoms with Crippen molar-refractivity contribution >= 4 is 22.6 Å². The first kappa shape index (κ1) is 17.6. The van der Waals surface area contributed by atoms with Crippen LogP contribution in [0.4, 0.5) is 4.39 Å². The molecule has 3 aromatic rings. The number of nitrogens with one attached hydrogen (secondary N) is 2. The van der Waals surface area contributed by atoms with Crippen LogP contribution in [0.15, 0.2) is 66.7 Å². The Balaban J connectivity index is 1.60. The Morgan fingerprint density at radius 3 is 2.42 bits per heavy atom. The second-order valence-corrected chi connectivity index (χ2v) is 6.05. The van der Waals surface area contributed by atoms with E-state index in [0.29, 0.717) is 5.56 Å². The van der Waals surface area contributed by atoms with Crippen LogP contribution in [0.3, 0.4) is 0 Å². The predicted octanol–water partition coefficient (Wildman–Crippen LogP) is 3.59. The topological polar surface area (TPSA) is 58.2 Å². The highest BCUT2D eigenvalue weighted by molar-refractivity contribution is 5.96. The summed E-state index contributed by atoms with van der Waals surface area (Å²) in [4.78, 5) is 24.1. The summed E-state index contributed by atoms with van der Waals surface area (Å²) in [5.74, 6) is -1.12. The quantitative estimate of drug-likeness (QED) is 0.739. The maximum atomic E-state index is 12.9. The summed E-state index contributed by atoms with van der Waals surface area (Å²) in [6, 6.07) is 18.9. The first-order valence-electron chi connectivity index (χ1n) is 8.35. The number of hydrogen-bond donors (Lipinski definition) is 2. The van der Waals surface area contributed by atoms with Crippen molar-refractivity contribution in [2.24, 2.45) is 0 Å². The van der Waals surface area contributed by atoms with Crippen molar-refractivity contribution in [1.82, 2.24) is 10.6 Å². The van der Waals surface area contributed by atoms with Crippen molar-refractivity contribution in [2.45, 2.75) is 13.0 Å². The number of fused-ring (bicyclic) bond motifs is 1. The average Bonchev–Trinajstić information content (AvgIpc) is 2.66. The molecule has 0 saturated heterocycles. The Labute approximate surface area is 151 Å². The van der Waals surface area contributed by atoms with Gasteiger partial charge in [0.05, 0.1) is 12.6 Å². The second kappa shape index (κ2) is 7.78. The molecule has 0 aromatic heterocycles. The van der Waals surface area contributed by atoms with Gasteiger partial charge in [0.1, 0.15) is 5.82 Å². The molecule has 0 saturated carbocycles. The van der Waals surface area contributed by atoms with Crippen molar-refractivity contribution in [3.63, 3.8) is 0 Å². The molecule has 0 heterocycles. The minimum Gasteiger partial charge on any atom is -0.348 e. The molecule has 26 heavy (non-hydrogen) atoms. The van der Waals surface area contributed by atoms with E-state index in [1.165, 1.54) is 24.3 Å². The zero-order chi connectivity index (χ0) is 18.5. The van der Waals surface area contributed by atoms with Gasteiger partial charge in [-0.25, -0.2) is 4.39 Å². The van der Waals surface area contributed by atoms with Gasteiger partial charge in [-0.2, -0.15) is 0 Å². The van der Waals surface area contributed by atoms with Gasteiger partial charge in [0.2, 0.25) is 5.91 Å². The third-order valence-corrected chi connectivity index (χ3v) is 4.18. The van der Waals surface area contributed by atoms with E-state index in [1.54, 1.807) is 0 Å². The molecule has 0 bridgehead atoms. The molecular weight excluding hydrogens is 331 g/mol. The SMILES string of the molecule is CC(NC(=O)CNC(=O)c1ccc(F)cc1)c1cccc2ccccc12. The molecule has 5 heteroatoms. The first-order valence-corrected chi connectivity index (χ1v) is 8.35. The van der Waals surface area contributed by atoms with Gasteiger partial charge in [-0.05, 0) is 47.5 Å². The summed E-state index contributed by atoms with van der Waals surface area (Å²) in [7, 11) is 0. The maximum Gasteiger partial charge on any atom is 0.251 e. The molecule has 3 aromatic carbocycles. The molecule has 3 rings (SSSR count). The summed E-state index contributed by atoms with van der Waals surface area (Å²) < 4.78 is 12.9. The van der Waals surface area contributed by atoms with Crippen molar-refractivity contribution in [1.29, 1.82) is 0 Å². The molecule has 1 unspecified atom stereocenters. The zero-order valence-electron chi connectivity index (χ0n) is 14.3. The van der Waals surface area contributed by atoms with Crippen LogP contribution in [0.1, 0.15) is 28.9 Å². The van der Waals surface area contributed by atoms with Crippen LogP contribution < -0.4 is 10.6 Å². The molecule has 1 atom stereocenters. The molecule has 0 spiro atoms. The smallest absolute Gasteiger partial charge is 0.251 e. The number of halogens is 1. The zero-order valence-corrected chi connectivity index (χ0v) is 14.3. The van der Waals surface area contributed by atoms with Crippen LogP contribution in [0.2, 0.25) is 0 Å². The Kier molecular flexibility index (Phi) is 5.27. The largest absolute Gasteiger partial charge is 0.348 e. The third-order valence-electron chi connectivity index (χ3n) is 4.18. The number of rotatable bonds is 5. The average molecular weight is 350 g/mol. The van der Waals surface area contributed by atoms with Crippen molar-refractivity contribution in [3.8, 4) is 0 Å². The lowest BCUT2D eigenvalue weighted by Gasteiger charge is -2.17. The standard InChI is InChI=1S/C21H19FN2O2/c1-14(18-8-4-6-15-5-2-3-7-19(15)18)24-20(25)13-23-21(26)16-9-11-17(22)12-10-16/h2-12,14H,13H2,1H3,(H,23,26)(H,24,25). The van der Waals surface area contributed by atoms with E-state index in [-0.39, 0.29) is 18.5 Å². The van der Waals surface area contributed by atoms with E-state index in [2.05, 4.69) is 10.6 Å². The number of benzene rings is 3. The molecule has 2 amide bonds. The van der Waals surface area contributed by atoms with Crippen molar-refractivity contribution in [3.05, 3.63) is 83.7 Å². The maximum absolute atomic E-state index is 12.9. The fourth-order valence-corrected chi connectivity index (χ4v) is 2.86. The summed E-state index contributed by atoms with van der Waals surface area (Å²) in [6.07, 6.45) is 0. The highest BCUT2D eigenvalue weighted by Gasteiger charge is 2.13. The Bertz CT molecular complexity index is 933. The van der Waals surface area contributed by atoms with Crippen LogP contribution >= 0.6 is 0 Å². The molecule has 0 aliphatic carbocycles. The lowest BCUT2D eigenvalue weighted by Crippen LogP contribution is -2.38.